The average Bonchev–Trinajstić information content (AvgIpc) is 3.11. The molecule has 4 rings (SSSR count). The fraction of sp³-hybridized carbons (Fsp3) is 0.0435. The molecule has 3 aromatic carbocycles. The van der Waals surface area contributed by atoms with Gasteiger partial charge in [-0.3, -0.25) is 0 Å². The number of benzene rings is 3. The molecule has 1 aliphatic rings. The van der Waals surface area contributed by atoms with Gasteiger partial charge >= 0.3 is 5.97 Å². The number of nitrogens with zero attached hydrogens (tertiary/aromatic N) is 1. The Morgan fingerprint density at radius 1 is 1.10 bits per heavy atom. The molecule has 30 heavy (non-hydrogen) atoms. The number of carbonyl (C=O) groups excluding carboxylic acids is 1. The van der Waals surface area contributed by atoms with Crippen molar-refractivity contribution in [1.29, 1.82) is 0 Å². The molecule has 7 heteroatoms. The smallest absolute Gasteiger partial charge is 0.363 e. The van der Waals surface area contributed by atoms with Crippen molar-refractivity contribution < 1.29 is 14.3 Å². The maximum atomic E-state index is 12.4. The lowest BCUT2D eigenvalue weighted by molar-refractivity contribution is -0.129. The van der Waals surface area contributed by atoms with Crippen LogP contribution in [0.3, 0.4) is 0 Å². The Bertz CT molecular complexity index is 1180. The van der Waals surface area contributed by atoms with E-state index in [2.05, 4.69) is 43.5 Å². The van der Waals surface area contributed by atoms with Crippen LogP contribution in [-0.4, -0.2) is 11.9 Å². The fourth-order valence-corrected chi connectivity index (χ4v) is 3.62. The van der Waals surface area contributed by atoms with E-state index in [1.165, 1.54) is 0 Å². The van der Waals surface area contributed by atoms with Gasteiger partial charge in [0, 0.05) is 24.2 Å². The standard InChI is InChI=1S/C23H14BrClINO3/c24-18-11-16(7-10-19(18)26)22-27-20(23(28)30-22)12-15-3-1-2-4-21(15)29-13-14-5-8-17(25)9-6-14/h1-12H,13H2/b20-12-. The minimum Gasteiger partial charge on any atom is -0.488 e. The van der Waals surface area contributed by atoms with E-state index in [1.54, 1.807) is 6.08 Å². The van der Waals surface area contributed by atoms with Crippen molar-refractivity contribution in [2.24, 2.45) is 4.99 Å². The summed E-state index contributed by atoms with van der Waals surface area (Å²) >= 11 is 11.6. The molecule has 0 N–H and O–H groups in total. The first-order valence-corrected chi connectivity index (χ1v) is 11.2. The van der Waals surface area contributed by atoms with Gasteiger partial charge < -0.3 is 9.47 Å². The van der Waals surface area contributed by atoms with Gasteiger partial charge in [0.05, 0.1) is 0 Å². The lowest BCUT2D eigenvalue weighted by Crippen LogP contribution is -2.05. The van der Waals surface area contributed by atoms with Crippen molar-refractivity contribution in [2.45, 2.75) is 6.61 Å². The number of esters is 1. The van der Waals surface area contributed by atoms with Crippen LogP contribution in [0.25, 0.3) is 6.08 Å². The molecule has 0 fully saturated rings. The lowest BCUT2D eigenvalue weighted by atomic mass is 10.1. The summed E-state index contributed by atoms with van der Waals surface area (Å²) in [5, 5.41) is 0.678. The number of rotatable bonds is 5. The second kappa shape index (κ2) is 9.32. The first kappa shape index (κ1) is 21.1. The quantitative estimate of drug-likeness (QED) is 0.189. The molecule has 0 saturated heterocycles. The summed E-state index contributed by atoms with van der Waals surface area (Å²) in [5.41, 5.74) is 2.69. The highest BCUT2D eigenvalue weighted by atomic mass is 127. The molecular formula is C23H14BrClINO3. The van der Waals surface area contributed by atoms with Crippen LogP contribution in [0.5, 0.6) is 5.75 Å². The number of aliphatic imine (C=N–C) groups is 1. The zero-order chi connectivity index (χ0) is 21.1. The number of hydrogen-bond donors (Lipinski definition) is 0. The highest BCUT2D eigenvalue weighted by Gasteiger charge is 2.25. The van der Waals surface area contributed by atoms with E-state index in [0.717, 1.165) is 24.7 Å². The second-order valence-corrected chi connectivity index (χ2v) is 8.87. The van der Waals surface area contributed by atoms with Gasteiger partial charge in [-0.05, 0) is 86.6 Å². The van der Waals surface area contributed by atoms with Gasteiger partial charge in [0.1, 0.15) is 12.4 Å². The molecule has 3 aromatic rings. The van der Waals surface area contributed by atoms with Crippen LogP contribution in [0, 0.1) is 3.57 Å². The Morgan fingerprint density at radius 3 is 2.63 bits per heavy atom. The van der Waals surface area contributed by atoms with Gasteiger partial charge in [0.2, 0.25) is 5.90 Å². The normalized spacial score (nSPS) is 14.6. The van der Waals surface area contributed by atoms with Gasteiger partial charge in [-0.15, -0.1) is 0 Å². The zero-order valence-electron chi connectivity index (χ0n) is 15.4. The number of para-hydroxylation sites is 1. The summed E-state index contributed by atoms with van der Waals surface area (Å²) in [4.78, 5) is 16.8. The molecule has 4 nitrogen and oxygen atoms in total. The number of cyclic esters (lactones) is 1. The maximum absolute atomic E-state index is 12.4. The highest BCUT2D eigenvalue weighted by molar-refractivity contribution is 14.1. The molecule has 0 amide bonds. The van der Waals surface area contributed by atoms with Gasteiger partial charge in [0.25, 0.3) is 0 Å². The van der Waals surface area contributed by atoms with Crippen LogP contribution in [0.2, 0.25) is 5.02 Å². The largest absolute Gasteiger partial charge is 0.488 e. The molecule has 0 bridgehead atoms. The van der Waals surface area contributed by atoms with Crippen molar-refractivity contribution in [1.82, 2.24) is 0 Å². The summed E-state index contributed by atoms with van der Waals surface area (Å²) in [6.07, 6.45) is 1.67. The summed E-state index contributed by atoms with van der Waals surface area (Å²) < 4.78 is 13.3. The Labute approximate surface area is 200 Å². The van der Waals surface area contributed by atoms with E-state index in [0.29, 0.717) is 17.4 Å². The van der Waals surface area contributed by atoms with E-state index in [4.69, 9.17) is 21.1 Å². The molecule has 0 unspecified atom stereocenters. The van der Waals surface area contributed by atoms with Gasteiger partial charge in [-0.25, -0.2) is 9.79 Å². The summed E-state index contributed by atoms with van der Waals surface area (Å²) in [7, 11) is 0. The van der Waals surface area contributed by atoms with E-state index >= 15 is 0 Å². The summed E-state index contributed by atoms with van der Waals surface area (Å²) in [6.45, 7) is 0.382. The molecule has 0 spiro atoms. The average molecular weight is 595 g/mol. The van der Waals surface area contributed by atoms with E-state index < -0.39 is 5.97 Å². The first-order valence-electron chi connectivity index (χ1n) is 8.94. The number of ether oxygens (including phenoxy) is 2. The molecule has 0 saturated carbocycles. The third-order valence-electron chi connectivity index (χ3n) is 4.31. The van der Waals surface area contributed by atoms with Crippen LogP contribution in [0.1, 0.15) is 16.7 Å². The van der Waals surface area contributed by atoms with Gasteiger partial charge in [0.15, 0.2) is 5.70 Å². The molecule has 0 radical (unpaired) electrons. The topological polar surface area (TPSA) is 47.9 Å². The van der Waals surface area contributed by atoms with Crippen molar-refractivity contribution in [3.8, 4) is 5.75 Å². The number of hydrogen-bond acceptors (Lipinski definition) is 4. The van der Waals surface area contributed by atoms with E-state index in [9.17, 15) is 4.79 Å². The van der Waals surface area contributed by atoms with E-state index in [-0.39, 0.29) is 11.6 Å². The van der Waals surface area contributed by atoms with Crippen LogP contribution in [0.4, 0.5) is 0 Å². The SMILES string of the molecule is O=C1OC(c2ccc(I)c(Br)c2)=N/C1=C\c1ccccc1OCc1ccc(Cl)cc1. The molecule has 0 aliphatic carbocycles. The van der Waals surface area contributed by atoms with Crippen molar-refractivity contribution >= 4 is 68.1 Å². The Morgan fingerprint density at radius 2 is 1.87 bits per heavy atom. The van der Waals surface area contributed by atoms with Crippen molar-refractivity contribution in [2.75, 3.05) is 0 Å². The van der Waals surface area contributed by atoms with Crippen LogP contribution in [0.15, 0.2) is 81.9 Å². The maximum Gasteiger partial charge on any atom is 0.363 e. The Balaban J connectivity index is 1.58. The minimum atomic E-state index is -0.493. The van der Waals surface area contributed by atoms with Crippen molar-refractivity contribution in [3.05, 3.63) is 102 Å². The Kier molecular flexibility index (Phi) is 6.55. The molecule has 0 atom stereocenters. The predicted molar refractivity (Wildman–Crippen MR) is 130 cm³/mol. The summed E-state index contributed by atoms with van der Waals surface area (Å²) in [5.74, 6) is 0.434. The molecule has 1 heterocycles. The zero-order valence-corrected chi connectivity index (χ0v) is 19.9. The van der Waals surface area contributed by atoms with E-state index in [1.807, 2.05) is 66.7 Å². The predicted octanol–water partition coefficient (Wildman–Crippen LogP) is 6.63. The number of carbonyl (C=O) groups is 1. The monoisotopic (exact) mass is 593 g/mol. The first-order chi connectivity index (χ1) is 14.5. The second-order valence-electron chi connectivity index (χ2n) is 6.42. The van der Waals surface area contributed by atoms with Gasteiger partial charge in [-0.2, -0.15) is 0 Å². The molecular weight excluding hydrogens is 581 g/mol. The lowest BCUT2D eigenvalue weighted by Gasteiger charge is -2.09. The number of halogens is 3. The van der Waals surface area contributed by atoms with Crippen LogP contribution < -0.4 is 4.74 Å². The third kappa shape index (κ3) is 4.94. The third-order valence-corrected chi connectivity index (χ3v) is 6.90. The minimum absolute atomic E-state index is 0.224. The van der Waals surface area contributed by atoms with Gasteiger partial charge in [-0.1, -0.05) is 41.9 Å². The van der Waals surface area contributed by atoms with Crippen LogP contribution >= 0.6 is 50.1 Å². The van der Waals surface area contributed by atoms with Crippen molar-refractivity contribution in [3.63, 3.8) is 0 Å². The molecule has 150 valence electrons. The molecule has 0 aromatic heterocycles. The highest BCUT2D eigenvalue weighted by Crippen LogP contribution is 2.27. The fourth-order valence-electron chi connectivity index (χ4n) is 2.78. The van der Waals surface area contributed by atoms with Crippen LogP contribution in [-0.2, 0) is 16.1 Å². The Hall–Kier alpha value is -2.16. The molecule has 1 aliphatic heterocycles. The summed E-state index contributed by atoms with van der Waals surface area (Å²) in [6, 6.07) is 20.6.